The first-order valence-electron chi connectivity index (χ1n) is 9.06. The normalized spacial score (nSPS) is 21.4. The van der Waals surface area contributed by atoms with Crippen LogP contribution in [0.25, 0.3) is 0 Å². The predicted molar refractivity (Wildman–Crippen MR) is 92.3 cm³/mol. The molecule has 8 heteroatoms. The highest BCUT2D eigenvalue weighted by Gasteiger charge is 2.31. The van der Waals surface area contributed by atoms with Crippen LogP contribution in [0.5, 0.6) is 0 Å². The Kier molecular flexibility index (Phi) is 5.29. The molecule has 3 rings (SSSR count). The first-order chi connectivity index (χ1) is 11.9. The molecule has 1 aromatic heterocycles. The lowest BCUT2D eigenvalue weighted by Gasteiger charge is -2.39. The highest BCUT2D eigenvalue weighted by molar-refractivity contribution is 5.74. The van der Waals surface area contributed by atoms with Crippen LogP contribution in [-0.4, -0.2) is 83.4 Å². The number of nitrogens with zero attached hydrogens (tertiary/aromatic N) is 5. The molecule has 0 N–H and O–H groups in total. The number of ether oxygens (including phenoxy) is 1. The number of carbonyl (C=O) groups is 1. The van der Waals surface area contributed by atoms with Gasteiger partial charge in [-0.2, -0.15) is 4.98 Å². The van der Waals surface area contributed by atoms with Crippen molar-refractivity contribution in [3.8, 4) is 0 Å². The molecular formula is C17H29N5O3. The van der Waals surface area contributed by atoms with E-state index >= 15 is 0 Å². The van der Waals surface area contributed by atoms with E-state index in [1.807, 2.05) is 9.80 Å². The van der Waals surface area contributed by atoms with Crippen LogP contribution in [-0.2, 0) is 10.2 Å². The second kappa shape index (κ2) is 7.29. The zero-order chi connectivity index (χ0) is 18.0. The number of hydrogen-bond donors (Lipinski definition) is 0. The highest BCUT2D eigenvalue weighted by Crippen LogP contribution is 2.24. The van der Waals surface area contributed by atoms with Crippen molar-refractivity contribution in [2.45, 2.75) is 39.2 Å². The molecule has 0 bridgehead atoms. The van der Waals surface area contributed by atoms with Crippen LogP contribution in [0, 0.1) is 0 Å². The molecule has 8 nitrogen and oxygen atoms in total. The van der Waals surface area contributed by atoms with Crippen LogP contribution in [0.2, 0.25) is 0 Å². The molecule has 2 aliphatic rings. The van der Waals surface area contributed by atoms with Gasteiger partial charge in [0.15, 0.2) is 5.82 Å². The Balaban J connectivity index is 1.54. The van der Waals surface area contributed by atoms with Gasteiger partial charge in [-0.3, -0.25) is 4.90 Å². The van der Waals surface area contributed by atoms with E-state index in [-0.39, 0.29) is 17.5 Å². The molecule has 2 saturated heterocycles. The maximum absolute atomic E-state index is 12.6. The molecule has 2 fully saturated rings. The predicted octanol–water partition coefficient (Wildman–Crippen LogP) is 1.50. The summed E-state index contributed by atoms with van der Waals surface area (Å²) in [6.45, 7) is 14.0. The third kappa shape index (κ3) is 4.12. The molecule has 1 unspecified atom stereocenters. The maximum Gasteiger partial charge on any atom is 0.320 e. The fourth-order valence-electron chi connectivity index (χ4n) is 3.12. The molecule has 2 amide bonds. The number of amides is 2. The number of morpholine rings is 1. The van der Waals surface area contributed by atoms with Gasteiger partial charge in [-0.05, 0) is 6.92 Å². The second-order valence-electron chi connectivity index (χ2n) is 7.79. The van der Waals surface area contributed by atoms with Crippen molar-refractivity contribution in [3.05, 3.63) is 11.7 Å². The van der Waals surface area contributed by atoms with Crippen LogP contribution in [0.15, 0.2) is 4.52 Å². The summed E-state index contributed by atoms with van der Waals surface area (Å²) in [5, 5.41) is 4.11. The summed E-state index contributed by atoms with van der Waals surface area (Å²) < 4.78 is 10.8. The number of piperazine rings is 1. The lowest BCUT2D eigenvalue weighted by Crippen LogP contribution is -2.55. The zero-order valence-corrected chi connectivity index (χ0v) is 15.7. The van der Waals surface area contributed by atoms with Crippen molar-refractivity contribution in [1.29, 1.82) is 0 Å². The van der Waals surface area contributed by atoms with Crippen molar-refractivity contribution in [3.63, 3.8) is 0 Å². The lowest BCUT2D eigenvalue weighted by molar-refractivity contribution is 0.0339. The van der Waals surface area contributed by atoms with E-state index in [0.29, 0.717) is 32.2 Å². The first kappa shape index (κ1) is 18.1. The number of aromatic nitrogens is 2. The Morgan fingerprint density at radius 1 is 1.04 bits per heavy atom. The summed E-state index contributed by atoms with van der Waals surface area (Å²) in [6.07, 6.45) is 0. The van der Waals surface area contributed by atoms with Gasteiger partial charge in [0, 0.05) is 44.7 Å². The van der Waals surface area contributed by atoms with Gasteiger partial charge in [0.25, 0.3) is 0 Å². The molecule has 25 heavy (non-hydrogen) atoms. The van der Waals surface area contributed by atoms with Crippen LogP contribution in [0.4, 0.5) is 4.79 Å². The molecule has 0 aromatic carbocycles. The summed E-state index contributed by atoms with van der Waals surface area (Å²) in [5.41, 5.74) is -0.120. The van der Waals surface area contributed by atoms with Crippen LogP contribution >= 0.6 is 0 Å². The third-order valence-corrected chi connectivity index (χ3v) is 4.88. The Labute approximate surface area is 149 Å². The van der Waals surface area contributed by atoms with Crippen LogP contribution < -0.4 is 0 Å². The Morgan fingerprint density at radius 2 is 1.64 bits per heavy atom. The lowest BCUT2D eigenvalue weighted by atomic mass is 9.96. The Morgan fingerprint density at radius 3 is 2.20 bits per heavy atom. The largest absolute Gasteiger partial charge is 0.378 e. The fourth-order valence-corrected chi connectivity index (χ4v) is 3.12. The molecule has 140 valence electrons. The van der Waals surface area contributed by atoms with Gasteiger partial charge >= 0.3 is 6.03 Å². The van der Waals surface area contributed by atoms with E-state index in [4.69, 9.17) is 9.26 Å². The van der Waals surface area contributed by atoms with Crippen molar-refractivity contribution >= 4 is 6.03 Å². The molecule has 0 spiro atoms. The average molecular weight is 351 g/mol. The summed E-state index contributed by atoms with van der Waals surface area (Å²) in [4.78, 5) is 23.2. The Hall–Kier alpha value is -1.67. The van der Waals surface area contributed by atoms with Crippen molar-refractivity contribution in [1.82, 2.24) is 24.8 Å². The number of rotatable bonds is 2. The SMILES string of the molecule is CC(c1nc(C(C)(C)C)no1)N1CCN(C(=O)N2CCOCC2)CC1. The molecule has 1 aromatic rings. The Bertz CT molecular complexity index is 583. The molecule has 0 aliphatic carbocycles. The fraction of sp³-hybridized carbons (Fsp3) is 0.824. The second-order valence-corrected chi connectivity index (χ2v) is 7.79. The molecular weight excluding hydrogens is 322 g/mol. The average Bonchev–Trinajstić information content (AvgIpc) is 3.12. The topological polar surface area (TPSA) is 74.9 Å². The summed E-state index contributed by atoms with van der Waals surface area (Å²) in [6, 6.07) is 0.188. The standard InChI is InChI=1S/C17H29N5O3/c1-13(14-18-15(19-25-14)17(2,3)4)20-5-7-21(8-6-20)16(23)22-9-11-24-12-10-22/h13H,5-12H2,1-4H3. The molecule has 3 heterocycles. The van der Waals surface area contributed by atoms with Gasteiger partial charge in [0.05, 0.1) is 19.3 Å². The first-order valence-corrected chi connectivity index (χ1v) is 9.06. The molecule has 1 atom stereocenters. The maximum atomic E-state index is 12.6. The smallest absolute Gasteiger partial charge is 0.320 e. The van der Waals surface area contributed by atoms with Crippen molar-refractivity contribution in [2.75, 3.05) is 52.5 Å². The molecule has 2 aliphatic heterocycles. The van der Waals surface area contributed by atoms with Gasteiger partial charge < -0.3 is 19.1 Å². The van der Waals surface area contributed by atoms with Gasteiger partial charge in [-0.1, -0.05) is 25.9 Å². The summed E-state index contributed by atoms with van der Waals surface area (Å²) >= 11 is 0. The quantitative estimate of drug-likeness (QED) is 0.804. The van der Waals surface area contributed by atoms with Crippen molar-refractivity contribution in [2.24, 2.45) is 0 Å². The van der Waals surface area contributed by atoms with Crippen molar-refractivity contribution < 1.29 is 14.1 Å². The monoisotopic (exact) mass is 351 g/mol. The summed E-state index contributed by atoms with van der Waals surface area (Å²) in [5.74, 6) is 1.38. The zero-order valence-electron chi connectivity index (χ0n) is 15.7. The minimum Gasteiger partial charge on any atom is -0.378 e. The van der Waals surface area contributed by atoms with E-state index in [0.717, 1.165) is 32.0 Å². The van der Waals surface area contributed by atoms with Gasteiger partial charge in [0.2, 0.25) is 5.89 Å². The van der Waals surface area contributed by atoms with Gasteiger partial charge in [0.1, 0.15) is 0 Å². The molecule has 0 saturated carbocycles. The minimum absolute atomic E-state index is 0.0595. The van der Waals surface area contributed by atoms with E-state index in [2.05, 4.69) is 42.7 Å². The van der Waals surface area contributed by atoms with E-state index in [9.17, 15) is 4.79 Å². The number of carbonyl (C=O) groups excluding carboxylic acids is 1. The summed E-state index contributed by atoms with van der Waals surface area (Å²) in [7, 11) is 0. The van der Waals surface area contributed by atoms with E-state index in [1.165, 1.54) is 0 Å². The minimum atomic E-state index is -0.120. The highest BCUT2D eigenvalue weighted by atomic mass is 16.5. The van der Waals surface area contributed by atoms with Crippen LogP contribution in [0.1, 0.15) is 45.5 Å². The number of urea groups is 1. The van der Waals surface area contributed by atoms with Gasteiger partial charge in [-0.15, -0.1) is 0 Å². The third-order valence-electron chi connectivity index (χ3n) is 4.88. The van der Waals surface area contributed by atoms with Crippen LogP contribution in [0.3, 0.4) is 0 Å². The van der Waals surface area contributed by atoms with E-state index in [1.54, 1.807) is 0 Å². The van der Waals surface area contributed by atoms with Gasteiger partial charge in [-0.25, -0.2) is 4.79 Å². The number of hydrogen-bond acceptors (Lipinski definition) is 6. The van der Waals surface area contributed by atoms with E-state index < -0.39 is 0 Å². The molecule has 0 radical (unpaired) electrons.